The molecule has 1 N–H and O–H groups in total. The monoisotopic (exact) mass is 141 g/mol. The molecule has 2 rings (SSSR count). The molecule has 1 aromatic rings. The van der Waals surface area contributed by atoms with Crippen LogP contribution in [0.1, 0.15) is 5.56 Å². The highest BCUT2D eigenvalue weighted by molar-refractivity contribution is 5.21. The lowest BCUT2D eigenvalue weighted by atomic mass is 9.93. The van der Waals surface area contributed by atoms with Gasteiger partial charge in [-0.05, 0) is 6.07 Å². The van der Waals surface area contributed by atoms with Crippen molar-refractivity contribution in [3.8, 4) is 0 Å². The summed E-state index contributed by atoms with van der Waals surface area (Å²) in [4.78, 5) is 0. The summed E-state index contributed by atoms with van der Waals surface area (Å²) in [6, 6.07) is 1.67. The fourth-order valence-corrected chi connectivity index (χ4v) is 1.07. The van der Waals surface area contributed by atoms with Gasteiger partial charge < -0.3 is 9.73 Å². The molecule has 0 saturated carbocycles. The smallest absolute Gasteiger partial charge is 0.163 e. The van der Waals surface area contributed by atoms with Gasteiger partial charge in [0.05, 0.1) is 12.5 Å². The lowest BCUT2D eigenvalue weighted by molar-refractivity contribution is 0.0884. The minimum Gasteiger partial charge on any atom is -0.472 e. The van der Waals surface area contributed by atoms with Crippen LogP contribution < -0.4 is 5.32 Å². The van der Waals surface area contributed by atoms with Crippen LogP contribution in [-0.4, -0.2) is 13.1 Å². The highest BCUT2D eigenvalue weighted by Crippen LogP contribution is 2.29. The lowest BCUT2D eigenvalue weighted by Crippen LogP contribution is -2.53. The molecule has 54 valence electrons. The van der Waals surface area contributed by atoms with Crippen LogP contribution in [0.25, 0.3) is 0 Å². The largest absolute Gasteiger partial charge is 0.472 e. The Morgan fingerprint density at radius 2 is 2.40 bits per heavy atom. The predicted octanol–water partition coefficient (Wildman–Crippen LogP) is 1.05. The summed E-state index contributed by atoms with van der Waals surface area (Å²) < 4.78 is 18.1. The zero-order chi connectivity index (χ0) is 7.03. The average Bonchev–Trinajstić information content (AvgIpc) is 2.33. The lowest BCUT2D eigenvalue weighted by Gasteiger charge is -2.33. The number of furan rings is 1. The Kier molecular flexibility index (Phi) is 1.08. The molecule has 0 unspecified atom stereocenters. The molecule has 0 spiro atoms. The van der Waals surface area contributed by atoms with Gasteiger partial charge in [0.2, 0.25) is 0 Å². The first-order valence-electron chi connectivity index (χ1n) is 3.24. The van der Waals surface area contributed by atoms with Gasteiger partial charge in [-0.1, -0.05) is 0 Å². The molecule has 1 aromatic heterocycles. The van der Waals surface area contributed by atoms with E-state index in [9.17, 15) is 4.39 Å². The van der Waals surface area contributed by atoms with Crippen LogP contribution >= 0.6 is 0 Å². The number of halogens is 1. The summed E-state index contributed by atoms with van der Waals surface area (Å²) in [5.74, 6) is 0. The van der Waals surface area contributed by atoms with Crippen LogP contribution in [-0.2, 0) is 5.67 Å². The molecular formula is C7H8FNO. The zero-order valence-electron chi connectivity index (χ0n) is 5.43. The van der Waals surface area contributed by atoms with Gasteiger partial charge in [-0.2, -0.15) is 0 Å². The van der Waals surface area contributed by atoms with Crippen molar-refractivity contribution in [3.05, 3.63) is 24.2 Å². The van der Waals surface area contributed by atoms with Gasteiger partial charge in [0, 0.05) is 18.7 Å². The van der Waals surface area contributed by atoms with Crippen molar-refractivity contribution in [1.29, 1.82) is 0 Å². The molecule has 10 heavy (non-hydrogen) atoms. The molecule has 2 heterocycles. The number of rotatable bonds is 1. The van der Waals surface area contributed by atoms with Crippen molar-refractivity contribution in [2.75, 3.05) is 13.1 Å². The highest BCUT2D eigenvalue weighted by atomic mass is 19.1. The molecule has 0 atom stereocenters. The minimum absolute atomic E-state index is 0.409. The molecule has 0 bridgehead atoms. The van der Waals surface area contributed by atoms with Crippen molar-refractivity contribution in [1.82, 2.24) is 5.32 Å². The van der Waals surface area contributed by atoms with Gasteiger partial charge in [0.1, 0.15) is 0 Å². The quantitative estimate of drug-likeness (QED) is 0.632. The topological polar surface area (TPSA) is 25.2 Å². The van der Waals surface area contributed by atoms with Crippen LogP contribution in [0.3, 0.4) is 0 Å². The Bertz CT molecular complexity index is 216. The molecule has 0 aromatic carbocycles. The third-order valence-corrected chi connectivity index (χ3v) is 1.85. The van der Waals surface area contributed by atoms with E-state index in [1.165, 1.54) is 12.5 Å². The highest BCUT2D eigenvalue weighted by Gasteiger charge is 2.39. The Hall–Kier alpha value is -0.830. The molecule has 1 aliphatic rings. The van der Waals surface area contributed by atoms with Crippen molar-refractivity contribution < 1.29 is 8.81 Å². The second kappa shape index (κ2) is 1.83. The van der Waals surface area contributed by atoms with E-state index in [1.807, 2.05) is 0 Å². The van der Waals surface area contributed by atoms with Gasteiger partial charge in [-0.3, -0.25) is 0 Å². The molecule has 1 aliphatic heterocycles. The van der Waals surface area contributed by atoms with Gasteiger partial charge >= 0.3 is 0 Å². The van der Waals surface area contributed by atoms with E-state index < -0.39 is 5.67 Å². The number of hydrogen-bond donors (Lipinski definition) is 1. The second-order valence-corrected chi connectivity index (χ2v) is 2.58. The summed E-state index contributed by atoms with van der Waals surface area (Å²) in [7, 11) is 0. The van der Waals surface area contributed by atoms with Gasteiger partial charge in [0.25, 0.3) is 0 Å². The molecule has 0 radical (unpaired) electrons. The average molecular weight is 141 g/mol. The molecule has 1 fully saturated rings. The Morgan fingerprint density at radius 3 is 2.80 bits per heavy atom. The second-order valence-electron chi connectivity index (χ2n) is 2.58. The maximum Gasteiger partial charge on any atom is 0.163 e. The summed E-state index contributed by atoms with van der Waals surface area (Å²) in [6.45, 7) is 0.819. The maximum absolute atomic E-state index is 13.3. The fourth-order valence-electron chi connectivity index (χ4n) is 1.07. The van der Waals surface area contributed by atoms with E-state index in [2.05, 4.69) is 5.32 Å². The third-order valence-electron chi connectivity index (χ3n) is 1.85. The predicted molar refractivity (Wildman–Crippen MR) is 34.4 cm³/mol. The van der Waals surface area contributed by atoms with E-state index in [1.54, 1.807) is 6.07 Å². The normalized spacial score (nSPS) is 22.1. The maximum atomic E-state index is 13.3. The van der Waals surface area contributed by atoms with Crippen molar-refractivity contribution in [2.24, 2.45) is 0 Å². The van der Waals surface area contributed by atoms with Gasteiger partial charge in [-0.15, -0.1) is 0 Å². The van der Waals surface area contributed by atoms with E-state index in [0.29, 0.717) is 18.7 Å². The number of alkyl halides is 1. The SMILES string of the molecule is FC1(c2ccoc2)CNC1. The van der Waals surface area contributed by atoms with Crippen LogP contribution in [0.15, 0.2) is 23.0 Å². The van der Waals surface area contributed by atoms with Crippen molar-refractivity contribution >= 4 is 0 Å². The van der Waals surface area contributed by atoms with E-state index in [-0.39, 0.29) is 0 Å². The fraction of sp³-hybridized carbons (Fsp3) is 0.429. The van der Waals surface area contributed by atoms with Crippen LogP contribution in [0, 0.1) is 0 Å². The van der Waals surface area contributed by atoms with E-state index in [0.717, 1.165) is 0 Å². The molecule has 0 aliphatic carbocycles. The first-order chi connectivity index (χ1) is 4.81. The summed E-state index contributed by atoms with van der Waals surface area (Å²) in [6.07, 6.45) is 2.95. The zero-order valence-corrected chi connectivity index (χ0v) is 5.43. The Morgan fingerprint density at radius 1 is 1.60 bits per heavy atom. The van der Waals surface area contributed by atoms with Crippen LogP contribution in [0.4, 0.5) is 4.39 Å². The first-order valence-corrected chi connectivity index (χ1v) is 3.24. The molecular weight excluding hydrogens is 133 g/mol. The summed E-state index contributed by atoms with van der Waals surface area (Å²) >= 11 is 0. The summed E-state index contributed by atoms with van der Waals surface area (Å²) in [5.41, 5.74) is -0.515. The molecule has 3 heteroatoms. The molecule has 1 saturated heterocycles. The van der Waals surface area contributed by atoms with Gasteiger partial charge in [0.15, 0.2) is 5.67 Å². The van der Waals surface area contributed by atoms with Crippen molar-refractivity contribution in [3.63, 3.8) is 0 Å². The number of hydrogen-bond acceptors (Lipinski definition) is 2. The van der Waals surface area contributed by atoms with Crippen LogP contribution in [0.5, 0.6) is 0 Å². The molecule has 2 nitrogen and oxygen atoms in total. The minimum atomic E-state index is -1.16. The van der Waals surface area contributed by atoms with Crippen LogP contribution in [0.2, 0.25) is 0 Å². The summed E-state index contributed by atoms with van der Waals surface area (Å²) in [5, 5.41) is 2.87. The van der Waals surface area contributed by atoms with E-state index in [4.69, 9.17) is 4.42 Å². The standard InChI is InChI=1S/C7H8FNO/c8-7(4-9-5-7)6-1-2-10-3-6/h1-3,9H,4-5H2. The first kappa shape index (κ1) is 5.92. The number of nitrogens with one attached hydrogen (secondary N) is 1. The molecule has 0 amide bonds. The third kappa shape index (κ3) is 0.671. The van der Waals surface area contributed by atoms with E-state index >= 15 is 0 Å². The Balaban J connectivity index is 2.27. The van der Waals surface area contributed by atoms with Crippen molar-refractivity contribution in [2.45, 2.75) is 5.67 Å². The van der Waals surface area contributed by atoms with Gasteiger partial charge in [-0.25, -0.2) is 4.39 Å². The Labute approximate surface area is 58.0 Å².